The Labute approximate surface area is 149 Å². The van der Waals surface area contributed by atoms with Crippen LogP contribution in [-0.4, -0.2) is 30.2 Å². The fourth-order valence-corrected chi connectivity index (χ4v) is 2.95. The van der Waals surface area contributed by atoms with E-state index in [9.17, 15) is 23.4 Å². The molecule has 26 heavy (non-hydrogen) atoms. The summed E-state index contributed by atoms with van der Waals surface area (Å²) < 4.78 is 22.6. The lowest BCUT2D eigenvalue weighted by molar-refractivity contribution is -0.114. The maximum atomic E-state index is 12.6. The third-order valence-corrected chi connectivity index (χ3v) is 4.71. The summed E-state index contributed by atoms with van der Waals surface area (Å²) >= 11 is 0. The molecule has 0 atom stereocenters. The van der Waals surface area contributed by atoms with E-state index in [0.29, 0.717) is 22.5 Å². The quantitative estimate of drug-likeness (QED) is 0.554. The van der Waals surface area contributed by atoms with Gasteiger partial charge in [0.25, 0.3) is 5.91 Å². The summed E-state index contributed by atoms with van der Waals surface area (Å²) in [7, 11) is -3.82. The average Bonchev–Trinajstić information content (AvgIpc) is 2.86. The number of nitrogens with two attached hydrogens (primary N) is 1. The highest BCUT2D eigenvalue weighted by Crippen LogP contribution is 2.29. The normalized spacial score (nSPS) is 16.2. The molecule has 3 rings (SSSR count). The van der Waals surface area contributed by atoms with Crippen molar-refractivity contribution in [1.29, 1.82) is 0 Å². The number of amides is 1. The van der Waals surface area contributed by atoms with Crippen LogP contribution in [0.5, 0.6) is 11.5 Å². The van der Waals surface area contributed by atoms with Gasteiger partial charge in [-0.25, -0.2) is 13.6 Å². The summed E-state index contributed by atoms with van der Waals surface area (Å²) in [6.45, 7) is 1.66. The number of rotatable bonds is 3. The number of sulfonamides is 1. The summed E-state index contributed by atoms with van der Waals surface area (Å²) in [6.07, 6.45) is 1.54. The summed E-state index contributed by atoms with van der Waals surface area (Å²) in [5.74, 6) is -0.958. The smallest absolute Gasteiger partial charge is 0.280 e. The lowest BCUT2D eigenvalue weighted by Crippen LogP contribution is -2.21. The standard InChI is InChI=1S/C17H15N3O5S/c1-10-14(8-11-2-7-15(21)16(22)9-11)17(23)20(19-10)12-3-5-13(6-4-12)26(18,24)25/h2-9,21-22H,1H3,(H2,18,24,25)/b14-8+. The molecule has 0 bridgehead atoms. The van der Waals surface area contributed by atoms with E-state index in [4.69, 9.17) is 5.14 Å². The Morgan fingerprint density at radius 2 is 1.73 bits per heavy atom. The number of hydrogen-bond donors (Lipinski definition) is 3. The number of primary sulfonamides is 1. The molecule has 0 aliphatic carbocycles. The van der Waals surface area contributed by atoms with Crippen LogP contribution in [0.25, 0.3) is 6.08 Å². The van der Waals surface area contributed by atoms with Crippen molar-refractivity contribution in [1.82, 2.24) is 0 Å². The number of phenolic OH excluding ortho intramolecular Hbond substituents is 2. The van der Waals surface area contributed by atoms with Gasteiger partial charge in [0, 0.05) is 0 Å². The fraction of sp³-hybridized carbons (Fsp3) is 0.0588. The Hall–Kier alpha value is -3.17. The van der Waals surface area contributed by atoms with Crippen LogP contribution in [0.4, 0.5) is 5.69 Å². The first kappa shape index (κ1) is 17.6. The van der Waals surface area contributed by atoms with Crippen LogP contribution in [0, 0.1) is 0 Å². The molecule has 9 heteroatoms. The SMILES string of the molecule is CC1=NN(c2ccc(S(N)(=O)=O)cc2)C(=O)/C1=C/c1ccc(O)c(O)c1. The van der Waals surface area contributed by atoms with E-state index < -0.39 is 15.9 Å². The largest absolute Gasteiger partial charge is 0.504 e. The Morgan fingerprint density at radius 1 is 1.08 bits per heavy atom. The van der Waals surface area contributed by atoms with Crippen molar-refractivity contribution in [3.05, 3.63) is 53.6 Å². The van der Waals surface area contributed by atoms with Gasteiger partial charge in [0.15, 0.2) is 11.5 Å². The zero-order valence-electron chi connectivity index (χ0n) is 13.6. The van der Waals surface area contributed by atoms with Crippen LogP contribution in [0.3, 0.4) is 0 Å². The molecular weight excluding hydrogens is 358 g/mol. The monoisotopic (exact) mass is 373 g/mol. The van der Waals surface area contributed by atoms with Crippen LogP contribution in [-0.2, 0) is 14.8 Å². The number of nitrogens with zero attached hydrogens (tertiary/aromatic N) is 2. The minimum absolute atomic E-state index is 0.0658. The zero-order chi connectivity index (χ0) is 19.1. The molecule has 0 aromatic heterocycles. The molecular formula is C17H15N3O5S. The van der Waals surface area contributed by atoms with Crippen molar-refractivity contribution in [2.45, 2.75) is 11.8 Å². The summed E-state index contributed by atoms with van der Waals surface area (Å²) in [5.41, 5.74) is 1.67. The summed E-state index contributed by atoms with van der Waals surface area (Å²) in [6, 6.07) is 9.65. The van der Waals surface area contributed by atoms with Gasteiger partial charge >= 0.3 is 0 Å². The molecule has 1 aliphatic rings. The van der Waals surface area contributed by atoms with Gasteiger partial charge in [0.1, 0.15) is 0 Å². The van der Waals surface area contributed by atoms with E-state index >= 15 is 0 Å². The van der Waals surface area contributed by atoms with E-state index in [0.717, 1.165) is 5.01 Å². The predicted octanol–water partition coefficient (Wildman–Crippen LogP) is 1.55. The van der Waals surface area contributed by atoms with Crippen molar-refractivity contribution < 1.29 is 23.4 Å². The van der Waals surface area contributed by atoms with E-state index in [1.165, 1.54) is 36.4 Å². The van der Waals surface area contributed by atoms with Gasteiger partial charge in [0.05, 0.1) is 21.9 Å². The van der Waals surface area contributed by atoms with Crippen LogP contribution in [0.1, 0.15) is 12.5 Å². The van der Waals surface area contributed by atoms with E-state index in [1.54, 1.807) is 19.1 Å². The fourth-order valence-electron chi connectivity index (χ4n) is 2.43. The van der Waals surface area contributed by atoms with Crippen molar-refractivity contribution in [3.8, 4) is 11.5 Å². The molecule has 8 nitrogen and oxygen atoms in total. The summed E-state index contributed by atoms with van der Waals surface area (Å²) in [5, 5.41) is 29.3. The second-order valence-corrected chi connectivity index (χ2v) is 7.21. The number of carbonyl (C=O) groups is 1. The van der Waals surface area contributed by atoms with Gasteiger partial charge < -0.3 is 10.2 Å². The van der Waals surface area contributed by atoms with Gasteiger partial charge in [-0.15, -0.1) is 0 Å². The molecule has 0 saturated carbocycles. The highest BCUT2D eigenvalue weighted by atomic mass is 32.2. The van der Waals surface area contributed by atoms with Gasteiger partial charge in [0.2, 0.25) is 10.0 Å². The Morgan fingerprint density at radius 3 is 2.31 bits per heavy atom. The van der Waals surface area contributed by atoms with Gasteiger partial charge in [-0.1, -0.05) is 6.07 Å². The molecule has 4 N–H and O–H groups in total. The summed E-state index contributed by atoms with van der Waals surface area (Å²) in [4.78, 5) is 12.6. The number of hydrogen-bond acceptors (Lipinski definition) is 6. The second kappa shape index (κ2) is 6.28. The third-order valence-electron chi connectivity index (χ3n) is 3.78. The maximum absolute atomic E-state index is 12.6. The number of benzene rings is 2. The van der Waals surface area contributed by atoms with E-state index in [2.05, 4.69) is 5.10 Å². The Balaban J connectivity index is 1.92. The van der Waals surface area contributed by atoms with Crippen LogP contribution >= 0.6 is 0 Å². The highest BCUT2D eigenvalue weighted by molar-refractivity contribution is 7.89. The lowest BCUT2D eigenvalue weighted by Gasteiger charge is -2.12. The number of phenols is 2. The Bertz CT molecular complexity index is 1060. The predicted molar refractivity (Wildman–Crippen MR) is 96.2 cm³/mol. The van der Waals surface area contributed by atoms with Crippen molar-refractivity contribution in [2.24, 2.45) is 10.2 Å². The van der Waals surface area contributed by atoms with Crippen LogP contribution in [0.15, 0.2) is 58.0 Å². The average molecular weight is 373 g/mol. The topological polar surface area (TPSA) is 133 Å². The molecule has 0 spiro atoms. The van der Waals surface area contributed by atoms with Crippen molar-refractivity contribution >= 4 is 33.4 Å². The molecule has 1 amide bonds. The highest BCUT2D eigenvalue weighted by Gasteiger charge is 2.28. The molecule has 2 aromatic rings. The second-order valence-electron chi connectivity index (χ2n) is 5.65. The molecule has 0 radical (unpaired) electrons. The van der Waals surface area contributed by atoms with E-state index in [-0.39, 0.29) is 16.4 Å². The molecule has 2 aromatic carbocycles. The van der Waals surface area contributed by atoms with Crippen molar-refractivity contribution in [3.63, 3.8) is 0 Å². The Kier molecular flexibility index (Phi) is 4.26. The first-order valence-electron chi connectivity index (χ1n) is 7.43. The minimum atomic E-state index is -3.82. The van der Waals surface area contributed by atoms with Crippen LogP contribution in [0.2, 0.25) is 0 Å². The molecule has 0 fully saturated rings. The molecule has 1 heterocycles. The number of anilines is 1. The number of aromatic hydroxyl groups is 2. The number of hydrazone groups is 1. The van der Waals surface area contributed by atoms with Crippen LogP contribution < -0.4 is 10.1 Å². The zero-order valence-corrected chi connectivity index (χ0v) is 14.4. The third kappa shape index (κ3) is 3.30. The van der Waals surface area contributed by atoms with Gasteiger partial charge in [-0.2, -0.15) is 10.1 Å². The molecule has 1 aliphatic heterocycles. The molecule has 0 saturated heterocycles. The van der Waals surface area contributed by atoms with Crippen molar-refractivity contribution in [2.75, 3.05) is 5.01 Å². The minimum Gasteiger partial charge on any atom is -0.504 e. The lowest BCUT2D eigenvalue weighted by atomic mass is 10.1. The first-order valence-corrected chi connectivity index (χ1v) is 8.98. The first-order chi connectivity index (χ1) is 12.2. The number of carbonyl (C=O) groups excluding carboxylic acids is 1. The van der Waals surface area contributed by atoms with E-state index in [1.807, 2.05) is 0 Å². The maximum Gasteiger partial charge on any atom is 0.280 e. The van der Waals surface area contributed by atoms with Gasteiger partial charge in [-0.05, 0) is 55.0 Å². The molecule has 0 unspecified atom stereocenters. The van der Waals surface area contributed by atoms with Gasteiger partial charge in [-0.3, -0.25) is 4.79 Å². The molecule has 134 valence electrons.